The molecule has 0 amide bonds. The van der Waals surface area contributed by atoms with Crippen molar-refractivity contribution in [1.82, 2.24) is 5.32 Å². The van der Waals surface area contributed by atoms with Gasteiger partial charge in [-0.1, -0.05) is 15.9 Å². The molecule has 1 rings (SSSR count). The van der Waals surface area contributed by atoms with Gasteiger partial charge in [0.1, 0.15) is 0 Å². The summed E-state index contributed by atoms with van der Waals surface area (Å²) >= 11 is 3.23. The molecule has 0 aliphatic heterocycles. The van der Waals surface area contributed by atoms with Crippen LogP contribution in [0.3, 0.4) is 0 Å². The number of nitro groups is 1. The van der Waals surface area contributed by atoms with E-state index in [0.29, 0.717) is 16.6 Å². The van der Waals surface area contributed by atoms with E-state index in [9.17, 15) is 10.1 Å². The highest BCUT2D eigenvalue weighted by molar-refractivity contribution is 9.10. The Labute approximate surface area is 114 Å². The molecule has 2 N–H and O–H groups in total. The van der Waals surface area contributed by atoms with Crippen molar-refractivity contribution in [1.29, 1.82) is 0 Å². The summed E-state index contributed by atoms with van der Waals surface area (Å²) in [7, 11) is 0. The van der Waals surface area contributed by atoms with E-state index in [1.54, 1.807) is 12.1 Å². The minimum Gasteiger partial charge on any atom is -0.396 e. The second-order valence-electron chi connectivity index (χ2n) is 4.18. The molecule has 0 fully saturated rings. The Bertz CT molecular complexity index is 412. The molecule has 18 heavy (non-hydrogen) atoms. The van der Waals surface area contributed by atoms with Crippen molar-refractivity contribution >= 4 is 21.6 Å². The summed E-state index contributed by atoms with van der Waals surface area (Å²) in [5, 5.41) is 22.9. The molecule has 0 aliphatic rings. The Balaban J connectivity index is 2.64. The number of nitrogens with one attached hydrogen (secondary N) is 1. The van der Waals surface area contributed by atoms with Gasteiger partial charge in [-0.15, -0.1) is 0 Å². The number of nitrogens with zero attached hydrogens (tertiary/aromatic N) is 1. The van der Waals surface area contributed by atoms with Crippen molar-refractivity contribution in [2.24, 2.45) is 0 Å². The summed E-state index contributed by atoms with van der Waals surface area (Å²) in [6.45, 7) is 2.63. The number of rotatable bonds is 7. The second kappa shape index (κ2) is 7.45. The van der Waals surface area contributed by atoms with Crippen LogP contribution in [0.5, 0.6) is 0 Å². The maximum absolute atomic E-state index is 10.9. The van der Waals surface area contributed by atoms with E-state index in [1.165, 1.54) is 6.07 Å². The molecule has 1 aromatic carbocycles. The first-order valence-corrected chi connectivity index (χ1v) is 6.61. The molecular formula is C12H17BrN2O3. The first kappa shape index (κ1) is 15.1. The van der Waals surface area contributed by atoms with Gasteiger partial charge in [0.25, 0.3) is 5.69 Å². The Morgan fingerprint density at radius 2 is 2.28 bits per heavy atom. The van der Waals surface area contributed by atoms with Crippen LogP contribution in [0.2, 0.25) is 0 Å². The summed E-state index contributed by atoms with van der Waals surface area (Å²) in [5.41, 5.74) is 0.783. The van der Waals surface area contributed by atoms with Crippen molar-refractivity contribution < 1.29 is 10.0 Å². The predicted molar refractivity (Wildman–Crippen MR) is 73.4 cm³/mol. The van der Waals surface area contributed by atoms with Crippen LogP contribution in [-0.2, 0) is 6.54 Å². The third-order valence-corrected chi connectivity index (χ3v) is 3.17. The lowest BCUT2D eigenvalue weighted by molar-refractivity contribution is -0.385. The van der Waals surface area contributed by atoms with E-state index in [2.05, 4.69) is 21.2 Å². The SMILES string of the molecule is CC(CCCO)NCc1ccc(Br)cc1[N+](=O)[O-]. The highest BCUT2D eigenvalue weighted by atomic mass is 79.9. The molecule has 6 heteroatoms. The van der Waals surface area contributed by atoms with Gasteiger partial charge in [-0.05, 0) is 31.9 Å². The molecule has 0 heterocycles. The fourth-order valence-electron chi connectivity index (χ4n) is 1.64. The van der Waals surface area contributed by atoms with E-state index in [-0.39, 0.29) is 23.3 Å². The Morgan fingerprint density at radius 1 is 1.56 bits per heavy atom. The molecule has 1 atom stereocenters. The van der Waals surface area contributed by atoms with E-state index in [4.69, 9.17) is 5.11 Å². The quantitative estimate of drug-likeness (QED) is 0.599. The zero-order chi connectivity index (χ0) is 13.5. The number of aliphatic hydroxyl groups excluding tert-OH is 1. The monoisotopic (exact) mass is 316 g/mol. The fourth-order valence-corrected chi connectivity index (χ4v) is 1.99. The highest BCUT2D eigenvalue weighted by Crippen LogP contribution is 2.23. The largest absolute Gasteiger partial charge is 0.396 e. The number of aliphatic hydroxyl groups is 1. The summed E-state index contributed by atoms with van der Waals surface area (Å²) in [6.07, 6.45) is 1.58. The molecule has 0 aromatic heterocycles. The van der Waals surface area contributed by atoms with Crippen LogP contribution in [0, 0.1) is 10.1 Å². The summed E-state index contributed by atoms with van der Waals surface area (Å²) < 4.78 is 0.700. The fraction of sp³-hybridized carbons (Fsp3) is 0.500. The van der Waals surface area contributed by atoms with Gasteiger partial charge in [0, 0.05) is 35.3 Å². The smallest absolute Gasteiger partial charge is 0.275 e. The predicted octanol–water partition coefficient (Wildman–Crippen LogP) is 2.61. The average Bonchev–Trinajstić information content (AvgIpc) is 2.34. The van der Waals surface area contributed by atoms with Gasteiger partial charge in [-0.3, -0.25) is 10.1 Å². The third kappa shape index (κ3) is 4.72. The lowest BCUT2D eigenvalue weighted by Crippen LogP contribution is -2.26. The number of nitro benzene ring substituents is 1. The molecule has 1 aromatic rings. The van der Waals surface area contributed by atoms with E-state index in [0.717, 1.165) is 12.8 Å². The first-order valence-electron chi connectivity index (χ1n) is 5.81. The van der Waals surface area contributed by atoms with Crippen molar-refractivity contribution in [3.63, 3.8) is 0 Å². The van der Waals surface area contributed by atoms with Gasteiger partial charge in [0.15, 0.2) is 0 Å². The summed E-state index contributed by atoms with van der Waals surface area (Å²) in [6, 6.07) is 5.27. The molecule has 0 bridgehead atoms. The maximum Gasteiger partial charge on any atom is 0.275 e. The standard InChI is InChI=1S/C12H17BrN2O3/c1-9(3-2-6-16)14-8-10-4-5-11(13)7-12(10)15(17)18/h4-5,7,9,14,16H,2-3,6,8H2,1H3. The third-order valence-electron chi connectivity index (χ3n) is 2.68. The highest BCUT2D eigenvalue weighted by Gasteiger charge is 2.14. The zero-order valence-electron chi connectivity index (χ0n) is 10.2. The van der Waals surface area contributed by atoms with Gasteiger partial charge in [-0.25, -0.2) is 0 Å². The first-order chi connectivity index (χ1) is 8.54. The molecule has 0 saturated carbocycles. The molecule has 0 aliphatic carbocycles. The maximum atomic E-state index is 10.9. The van der Waals surface area contributed by atoms with E-state index >= 15 is 0 Å². The van der Waals surface area contributed by atoms with Crippen molar-refractivity contribution in [3.05, 3.63) is 38.3 Å². The van der Waals surface area contributed by atoms with Crippen LogP contribution in [0.4, 0.5) is 5.69 Å². The molecule has 1 unspecified atom stereocenters. The molecular weight excluding hydrogens is 300 g/mol. The molecule has 5 nitrogen and oxygen atoms in total. The normalized spacial score (nSPS) is 12.4. The van der Waals surface area contributed by atoms with Gasteiger partial charge < -0.3 is 10.4 Å². The minimum absolute atomic E-state index is 0.117. The Morgan fingerprint density at radius 3 is 2.89 bits per heavy atom. The van der Waals surface area contributed by atoms with Crippen LogP contribution >= 0.6 is 15.9 Å². The van der Waals surface area contributed by atoms with Crippen molar-refractivity contribution in [3.8, 4) is 0 Å². The van der Waals surface area contributed by atoms with Gasteiger partial charge >= 0.3 is 0 Å². The van der Waals surface area contributed by atoms with Crippen LogP contribution < -0.4 is 5.32 Å². The van der Waals surface area contributed by atoms with Gasteiger partial charge in [0.05, 0.1) is 4.92 Å². The minimum atomic E-state index is -0.375. The number of hydrogen-bond donors (Lipinski definition) is 2. The van der Waals surface area contributed by atoms with Crippen molar-refractivity contribution in [2.75, 3.05) is 6.61 Å². The molecule has 0 spiro atoms. The molecule has 100 valence electrons. The van der Waals surface area contributed by atoms with E-state index < -0.39 is 0 Å². The number of benzene rings is 1. The van der Waals surface area contributed by atoms with Crippen LogP contribution in [0.25, 0.3) is 0 Å². The number of hydrogen-bond acceptors (Lipinski definition) is 4. The Kier molecular flexibility index (Phi) is 6.24. The topological polar surface area (TPSA) is 75.4 Å². The molecule has 0 radical (unpaired) electrons. The van der Waals surface area contributed by atoms with Crippen molar-refractivity contribution in [2.45, 2.75) is 32.4 Å². The van der Waals surface area contributed by atoms with Crippen LogP contribution in [0.1, 0.15) is 25.3 Å². The lowest BCUT2D eigenvalue weighted by Gasteiger charge is -2.13. The second-order valence-corrected chi connectivity index (χ2v) is 5.09. The lowest BCUT2D eigenvalue weighted by atomic mass is 10.1. The summed E-state index contributed by atoms with van der Waals surface area (Å²) in [4.78, 5) is 10.5. The van der Waals surface area contributed by atoms with Gasteiger partial charge in [0.2, 0.25) is 0 Å². The Hall–Kier alpha value is -0.980. The molecule has 0 saturated heterocycles. The van der Waals surface area contributed by atoms with Gasteiger partial charge in [-0.2, -0.15) is 0 Å². The average molecular weight is 317 g/mol. The zero-order valence-corrected chi connectivity index (χ0v) is 11.8. The number of halogens is 1. The van der Waals surface area contributed by atoms with Crippen LogP contribution in [0.15, 0.2) is 22.7 Å². The van der Waals surface area contributed by atoms with Crippen LogP contribution in [-0.4, -0.2) is 22.7 Å². The van der Waals surface area contributed by atoms with E-state index in [1.807, 2.05) is 6.92 Å². The summed E-state index contributed by atoms with van der Waals surface area (Å²) in [5.74, 6) is 0.